The van der Waals surface area contributed by atoms with E-state index in [4.69, 9.17) is 5.73 Å². The number of hydrogen-bond donors (Lipinski definition) is 1. The van der Waals surface area contributed by atoms with E-state index in [0.717, 1.165) is 6.42 Å². The molecule has 1 aromatic heterocycles. The zero-order valence-corrected chi connectivity index (χ0v) is 12.0. The summed E-state index contributed by atoms with van der Waals surface area (Å²) in [5, 5.41) is 0. The molecule has 1 unspecified atom stereocenters. The van der Waals surface area contributed by atoms with Crippen LogP contribution < -0.4 is 5.73 Å². The van der Waals surface area contributed by atoms with Gasteiger partial charge in [-0.3, -0.25) is 4.98 Å². The van der Waals surface area contributed by atoms with Crippen LogP contribution in [0.2, 0.25) is 0 Å². The van der Waals surface area contributed by atoms with Crippen LogP contribution in [0.3, 0.4) is 0 Å². The Hall–Kier alpha value is -1.67. The van der Waals surface area contributed by atoms with E-state index in [-0.39, 0.29) is 0 Å². The zero-order chi connectivity index (χ0) is 13.8. The van der Waals surface area contributed by atoms with Crippen LogP contribution in [0.5, 0.6) is 0 Å². The maximum absolute atomic E-state index is 5.95. The van der Waals surface area contributed by atoms with E-state index in [0.29, 0.717) is 12.5 Å². The summed E-state index contributed by atoms with van der Waals surface area (Å²) in [4.78, 5) is 4.20. The van der Waals surface area contributed by atoms with Crippen LogP contribution >= 0.6 is 0 Å². The van der Waals surface area contributed by atoms with Crippen molar-refractivity contribution in [1.82, 2.24) is 4.98 Å². The molecule has 2 aromatic rings. The molecule has 2 rings (SSSR count). The summed E-state index contributed by atoms with van der Waals surface area (Å²) in [6, 6.07) is 8.59. The summed E-state index contributed by atoms with van der Waals surface area (Å²) in [7, 11) is 0. The smallest absolute Gasteiger partial charge is 0.0303 e. The highest BCUT2D eigenvalue weighted by Gasteiger charge is 2.14. The van der Waals surface area contributed by atoms with Gasteiger partial charge >= 0.3 is 0 Å². The fourth-order valence-electron chi connectivity index (χ4n) is 2.73. The molecule has 2 N–H and O–H groups in total. The molecule has 0 saturated heterocycles. The molecule has 19 heavy (non-hydrogen) atoms. The second-order valence-corrected chi connectivity index (χ2v) is 5.30. The lowest BCUT2D eigenvalue weighted by atomic mass is 9.88. The molecular weight excluding hydrogens is 232 g/mol. The molecule has 0 aliphatic carbocycles. The standard InChI is InChI=1S/C17H22N2/c1-12-7-13(2)17(14(3)8-12)9-16(10-18)15-5-4-6-19-11-15/h4-8,11,16H,9-10,18H2,1-3H3. The van der Waals surface area contributed by atoms with Crippen molar-refractivity contribution in [2.75, 3.05) is 6.54 Å². The van der Waals surface area contributed by atoms with Crippen molar-refractivity contribution in [3.63, 3.8) is 0 Å². The molecule has 2 heteroatoms. The molecule has 0 bridgehead atoms. The van der Waals surface area contributed by atoms with Gasteiger partial charge in [0.05, 0.1) is 0 Å². The van der Waals surface area contributed by atoms with Gasteiger partial charge in [0.2, 0.25) is 0 Å². The predicted octanol–water partition coefficient (Wildman–Crippen LogP) is 3.29. The lowest BCUT2D eigenvalue weighted by molar-refractivity contribution is 0.686. The number of pyridine rings is 1. The molecule has 0 spiro atoms. The Morgan fingerprint density at radius 3 is 2.37 bits per heavy atom. The third-order valence-electron chi connectivity index (χ3n) is 3.73. The molecule has 0 aliphatic heterocycles. The molecule has 100 valence electrons. The van der Waals surface area contributed by atoms with Gasteiger partial charge in [-0.25, -0.2) is 0 Å². The van der Waals surface area contributed by atoms with Gasteiger partial charge in [0.25, 0.3) is 0 Å². The van der Waals surface area contributed by atoms with E-state index >= 15 is 0 Å². The van der Waals surface area contributed by atoms with E-state index in [9.17, 15) is 0 Å². The Kier molecular flexibility index (Phi) is 4.33. The van der Waals surface area contributed by atoms with Crippen LogP contribution in [-0.4, -0.2) is 11.5 Å². The Bertz CT molecular complexity index is 523. The van der Waals surface area contributed by atoms with Crippen LogP contribution in [0.15, 0.2) is 36.7 Å². The zero-order valence-electron chi connectivity index (χ0n) is 12.0. The molecule has 0 amide bonds. The minimum Gasteiger partial charge on any atom is -0.330 e. The normalized spacial score (nSPS) is 12.4. The number of benzene rings is 1. The third kappa shape index (κ3) is 3.21. The van der Waals surface area contributed by atoms with Crippen LogP contribution in [0.1, 0.15) is 33.7 Å². The van der Waals surface area contributed by atoms with Crippen molar-refractivity contribution in [1.29, 1.82) is 0 Å². The van der Waals surface area contributed by atoms with Gasteiger partial charge in [0.15, 0.2) is 0 Å². The van der Waals surface area contributed by atoms with Crippen LogP contribution in [-0.2, 0) is 6.42 Å². The number of nitrogens with zero attached hydrogens (tertiary/aromatic N) is 1. The van der Waals surface area contributed by atoms with E-state index in [1.165, 1.54) is 27.8 Å². The van der Waals surface area contributed by atoms with Gasteiger partial charge in [0.1, 0.15) is 0 Å². The predicted molar refractivity (Wildman–Crippen MR) is 80.4 cm³/mol. The van der Waals surface area contributed by atoms with Crippen molar-refractivity contribution in [2.45, 2.75) is 33.1 Å². The first-order chi connectivity index (χ1) is 9.11. The van der Waals surface area contributed by atoms with E-state index in [1.807, 2.05) is 12.3 Å². The summed E-state index contributed by atoms with van der Waals surface area (Å²) in [6.07, 6.45) is 4.72. The molecule has 1 heterocycles. The highest BCUT2D eigenvalue weighted by Crippen LogP contribution is 2.24. The molecule has 0 fully saturated rings. The molecule has 0 aliphatic rings. The lowest BCUT2D eigenvalue weighted by Crippen LogP contribution is -2.16. The average molecular weight is 254 g/mol. The molecule has 1 aromatic carbocycles. The van der Waals surface area contributed by atoms with Crippen molar-refractivity contribution in [2.24, 2.45) is 5.73 Å². The Morgan fingerprint density at radius 2 is 1.84 bits per heavy atom. The van der Waals surface area contributed by atoms with Crippen molar-refractivity contribution in [3.05, 3.63) is 64.5 Å². The fourth-order valence-corrected chi connectivity index (χ4v) is 2.73. The number of aryl methyl sites for hydroxylation is 3. The number of aromatic nitrogens is 1. The first-order valence-electron chi connectivity index (χ1n) is 6.78. The van der Waals surface area contributed by atoms with Gasteiger partial charge in [-0.1, -0.05) is 23.8 Å². The van der Waals surface area contributed by atoms with E-state index < -0.39 is 0 Å². The van der Waals surface area contributed by atoms with Gasteiger partial charge in [0, 0.05) is 18.3 Å². The first kappa shape index (κ1) is 13.8. The molecule has 0 radical (unpaired) electrons. The second kappa shape index (κ2) is 5.98. The summed E-state index contributed by atoms with van der Waals surface area (Å²) < 4.78 is 0. The van der Waals surface area contributed by atoms with E-state index in [1.54, 1.807) is 6.20 Å². The van der Waals surface area contributed by atoms with Gasteiger partial charge in [-0.15, -0.1) is 0 Å². The number of rotatable bonds is 4. The number of nitrogens with two attached hydrogens (primary N) is 1. The summed E-state index contributed by atoms with van der Waals surface area (Å²) >= 11 is 0. The largest absolute Gasteiger partial charge is 0.330 e. The van der Waals surface area contributed by atoms with E-state index in [2.05, 4.69) is 44.0 Å². The first-order valence-corrected chi connectivity index (χ1v) is 6.78. The summed E-state index contributed by atoms with van der Waals surface area (Å²) in [6.45, 7) is 7.17. The minimum atomic E-state index is 0.341. The maximum Gasteiger partial charge on any atom is 0.0303 e. The Morgan fingerprint density at radius 1 is 1.16 bits per heavy atom. The Balaban J connectivity index is 2.29. The van der Waals surface area contributed by atoms with Crippen molar-refractivity contribution >= 4 is 0 Å². The SMILES string of the molecule is Cc1cc(C)c(CC(CN)c2cccnc2)c(C)c1. The van der Waals surface area contributed by atoms with Crippen molar-refractivity contribution in [3.8, 4) is 0 Å². The highest BCUT2D eigenvalue weighted by atomic mass is 14.6. The van der Waals surface area contributed by atoms with Gasteiger partial charge in [-0.05, 0) is 62.1 Å². The van der Waals surface area contributed by atoms with Gasteiger partial charge < -0.3 is 5.73 Å². The number of hydrogen-bond acceptors (Lipinski definition) is 2. The van der Waals surface area contributed by atoms with Crippen molar-refractivity contribution < 1.29 is 0 Å². The van der Waals surface area contributed by atoms with Crippen LogP contribution in [0, 0.1) is 20.8 Å². The monoisotopic (exact) mass is 254 g/mol. The molecular formula is C17H22N2. The summed E-state index contributed by atoms with van der Waals surface area (Å²) in [5.74, 6) is 0.341. The molecule has 1 atom stereocenters. The lowest BCUT2D eigenvalue weighted by Gasteiger charge is -2.18. The minimum absolute atomic E-state index is 0.341. The maximum atomic E-state index is 5.95. The Labute approximate surface area is 115 Å². The van der Waals surface area contributed by atoms with Crippen LogP contribution in [0.25, 0.3) is 0 Å². The van der Waals surface area contributed by atoms with Gasteiger partial charge in [-0.2, -0.15) is 0 Å². The second-order valence-electron chi connectivity index (χ2n) is 5.30. The fraction of sp³-hybridized carbons (Fsp3) is 0.353. The average Bonchev–Trinajstić information content (AvgIpc) is 2.39. The van der Waals surface area contributed by atoms with Crippen LogP contribution in [0.4, 0.5) is 0 Å². The molecule has 2 nitrogen and oxygen atoms in total. The summed E-state index contributed by atoms with van der Waals surface area (Å²) in [5.41, 5.74) is 12.6. The highest BCUT2D eigenvalue weighted by molar-refractivity contribution is 5.39. The quantitative estimate of drug-likeness (QED) is 0.909. The third-order valence-corrected chi connectivity index (χ3v) is 3.73. The molecule has 0 saturated carbocycles. The topological polar surface area (TPSA) is 38.9 Å².